The summed E-state index contributed by atoms with van der Waals surface area (Å²) in [6, 6.07) is 5.73. The number of hydrogen-bond acceptors (Lipinski definition) is 4. The van der Waals surface area contributed by atoms with Crippen molar-refractivity contribution in [2.75, 3.05) is 39.3 Å². The molecule has 2 fully saturated rings. The first-order chi connectivity index (χ1) is 14.8. The molecule has 1 aromatic rings. The van der Waals surface area contributed by atoms with Crippen LogP contribution in [0.1, 0.15) is 57.6 Å². The van der Waals surface area contributed by atoms with Crippen molar-refractivity contribution >= 4 is 15.9 Å². The maximum atomic E-state index is 13.3. The van der Waals surface area contributed by atoms with Crippen molar-refractivity contribution in [3.05, 3.63) is 29.3 Å². The topological polar surface area (TPSA) is 60.9 Å². The molecule has 0 saturated carbocycles. The van der Waals surface area contributed by atoms with Crippen LogP contribution in [0.15, 0.2) is 23.1 Å². The molecular weight excluding hydrogens is 410 g/mol. The molecule has 0 radical (unpaired) electrons. The summed E-state index contributed by atoms with van der Waals surface area (Å²) < 4.78 is 28.3. The number of aryl methyl sites for hydroxylation is 2. The summed E-state index contributed by atoms with van der Waals surface area (Å²) in [4.78, 5) is 17.4. The third-order valence-electron chi connectivity index (χ3n) is 7.66. The molecule has 2 saturated heterocycles. The minimum absolute atomic E-state index is 0.0197. The molecule has 172 valence electrons. The molecule has 1 aromatic carbocycles. The lowest BCUT2D eigenvalue weighted by Crippen LogP contribution is -2.59. The molecule has 0 unspecified atom stereocenters. The van der Waals surface area contributed by atoms with E-state index in [4.69, 9.17) is 0 Å². The number of rotatable bonds is 5. The lowest BCUT2D eigenvalue weighted by molar-refractivity contribution is -0.134. The van der Waals surface area contributed by atoms with Gasteiger partial charge in [-0.25, -0.2) is 8.42 Å². The van der Waals surface area contributed by atoms with Gasteiger partial charge in [-0.05, 0) is 61.8 Å². The molecule has 0 N–H and O–H groups in total. The van der Waals surface area contributed by atoms with Crippen LogP contribution in [0.5, 0.6) is 0 Å². The number of benzene rings is 1. The van der Waals surface area contributed by atoms with Crippen LogP contribution < -0.4 is 0 Å². The molecule has 1 aliphatic carbocycles. The quantitative estimate of drug-likeness (QED) is 0.696. The van der Waals surface area contributed by atoms with Crippen molar-refractivity contribution in [3.63, 3.8) is 0 Å². The van der Waals surface area contributed by atoms with Crippen LogP contribution in [0.3, 0.4) is 0 Å². The Morgan fingerprint density at radius 3 is 2.35 bits per heavy atom. The number of carbonyl (C=O) groups is 1. The third kappa shape index (κ3) is 4.29. The zero-order valence-corrected chi connectivity index (χ0v) is 20.1. The van der Waals surface area contributed by atoms with E-state index in [0.29, 0.717) is 18.0 Å². The highest BCUT2D eigenvalue weighted by Gasteiger charge is 2.45. The number of likely N-dealkylation sites (tertiary alicyclic amines) is 1. The fourth-order valence-corrected chi connectivity index (χ4v) is 7.08. The molecule has 7 heteroatoms. The van der Waals surface area contributed by atoms with Gasteiger partial charge in [0.05, 0.1) is 4.90 Å². The first-order valence-electron chi connectivity index (χ1n) is 11.9. The standard InChI is InChI=1S/C24H37N3O3S/c1-4-24(11-12-25(18-24)23(28)19(2)3)26-13-15-27(16-14-26)31(29,30)22-10-9-20-7-5-6-8-21(20)17-22/h9-10,17,19H,4-8,11-16,18H2,1-3H3/t24-/m1/s1. The maximum Gasteiger partial charge on any atom is 0.243 e. The summed E-state index contributed by atoms with van der Waals surface area (Å²) in [6.45, 7) is 10.1. The van der Waals surface area contributed by atoms with E-state index in [1.807, 2.05) is 30.9 Å². The minimum Gasteiger partial charge on any atom is -0.341 e. The number of amides is 1. The Morgan fingerprint density at radius 1 is 1.03 bits per heavy atom. The Bertz CT molecular complexity index is 922. The van der Waals surface area contributed by atoms with E-state index in [9.17, 15) is 13.2 Å². The van der Waals surface area contributed by atoms with Crippen LogP contribution in [-0.2, 0) is 27.7 Å². The van der Waals surface area contributed by atoms with Gasteiger partial charge in [-0.3, -0.25) is 9.69 Å². The van der Waals surface area contributed by atoms with Crippen LogP contribution >= 0.6 is 0 Å². The molecule has 1 amide bonds. The zero-order valence-electron chi connectivity index (χ0n) is 19.3. The zero-order chi connectivity index (χ0) is 22.2. The number of carbonyl (C=O) groups excluding carboxylic acids is 1. The Labute approximate surface area is 187 Å². The number of hydrogen-bond donors (Lipinski definition) is 0. The minimum atomic E-state index is -3.46. The fraction of sp³-hybridized carbons (Fsp3) is 0.708. The van der Waals surface area contributed by atoms with Crippen LogP contribution in [0.2, 0.25) is 0 Å². The van der Waals surface area contributed by atoms with Gasteiger partial charge in [0.2, 0.25) is 15.9 Å². The van der Waals surface area contributed by atoms with Crippen molar-refractivity contribution < 1.29 is 13.2 Å². The summed E-state index contributed by atoms with van der Waals surface area (Å²) in [7, 11) is -3.46. The van der Waals surface area contributed by atoms with Gasteiger partial charge in [0.25, 0.3) is 0 Å². The highest BCUT2D eigenvalue weighted by molar-refractivity contribution is 7.89. The average molecular weight is 448 g/mol. The van der Waals surface area contributed by atoms with Crippen molar-refractivity contribution in [2.45, 2.75) is 69.7 Å². The first kappa shape index (κ1) is 22.7. The maximum absolute atomic E-state index is 13.3. The van der Waals surface area contributed by atoms with Gasteiger partial charge in [-0.1, -0.05) is 26.8 Å². The lowest BCUT2D eigenvalue weighted by atomic mass is 9.92. The third-order valence-corrected chi connectivity index (χ3v) is 9.56. The van der Waals surface area contributed by atoms with E-state index in [0.717, 1.165) is 58.3 Å². The van der Waals surface area contributed by atoms with Gasteiger partial charge in [0.1, 0.15) is 0 Å². The second-order valence-corrected chi connectivity index (χ2v) is 11.7. The van der Waals surface area contributed by atoms with Gasteiger partial charge >= 0.3 is 0 Å². The normalized spacial score (nSPS) is 25.7. The van der Waals surface area contributed by atoms with E-state index in [1.54, 1.807) is 10.4 Å². The Kier molecular flexibility index (Phi) is 6.48. The smallest absolute Gasteiger partial charge is 0.243 e. The number of sulfonamides is 1. The first-order valence-corrected chi connectivity index (χ1v) is 13.4. The number of fused-ring (bicyclic) bond motifs is 1. The molecule has 6 nitrogen and oxygen atoms in total. The molecule has 4 rings (SSSR count). The average Bonchev–Trinajstić information content (AvgIpc) is 3.24. The predicted molar refractivity (Wildman–Crippen MR) is 122 cm³/mol. The molecule has 3 aliphatic rings. The molecule has 0 bridgehead atoms. The summed E-state index contributed by atoms with van der Waals surface area (Å²) in [6.07, 6.45) is 6.33. The monoisotopic (exact) mass is 447 g/mol. The molecule has 0 aromatic heterocycles. The molecule has 1 atom stereocenters. The summed E-state index contributed by atoms with van der Waals surface area (Å²) in [5.41, 5.74) is 2.49. The Hall–Kier alpha value is -1.44. The number of nitrogens with zero attached hydrogens (tertiary/aromatic N) is 3. The van der Waals surface area contributed by atoms with Gasteiger partial charge < -0.3 is 4.90 Å². The van der Waals surface area contributed by atoms with E-state index >= 15 is 0 Å². The van der Waals surface area contributed by atoms with Crippen molar-refractivity contribution in [3.8, 4) is 0 Å². The Morgan fingerprint density at radius 2 is 1.71 bits per heavy atom. The van der Waals surface area contributed by atoms with Gasteiger partial charge in [0, 0.05) is 50.7 Å². The summed E-state index contributed by atoms with van der Waals surface area (Å²) in [5.74, 6) is 0.246. The number of piperazine rings is 1. The van der Waals surface area contributed by atoms with Gasteiger partial charge in [-0.15, -0.1) is 0 Å². The molecular formula is C24H37N3O3S. The highest BCUT2D eigenvalue weighted by atomic mass is 32.2. The molecule has 2 aliphatic heterocycles. The summed E-state index contributed by atoms with van der Waals surface area (Å²) in [5, 5.41) is 0. The molecule has 31 heavy (non-hydrogen) atoms. The van der Waals surface area contributed by atoms with Crippen LogP contribution in [-0.4, -0.2) is 73.2 Å². The second-order valence-electron chi connectivity index (χ2n) is 9.77. The van der Waals surface area contributed by atoms with E-state index in [-0.39, 0.29) is 17.4 Å². The second kappa shape index (κ2) is 8.83. The van der Waals surface area contributed by atoms with Crippen molar-refractivity contribution in [2.24, 2.45) is 5.92 Å². The molecule has 0 spiro atoms. The lowest BCUT2D eigenvalue weighted by Gasteiger charge is -2.45. The van der Waals surface area contributed by atoms with Crippen molar-refractivity contribution in [1.82, 2.24) is 14.1 Å². The van der Waals surface area contributed by atoms with Crippen LogP contribution in [0.25, 0.3) is 0 Å². The van der Waals surface area contributed by atoms with Crippen molar-refractivity contribution in [1.29, 1.82) is 0 Å². The highest BCUT2D eigenvalue weighted by Crippen LogP contribution is 2.34. The summed E-state index contributed by atoms with van der Waals surface area (Å²) >= 11 is 0. The van der Waals surface area contributed by atoms with Crippen LogP contribution in [0, 0.1) is 5.92 Å². The Balaban J connectivity index is 1.44. The van der Waals surface area contributed by atoms with Gasteiger partial charge in [-0.2, -0.15) is 4.31 Å². The van der Waals surface area contributed by atoms with E-state index in [2.05, 4.69) is 11.8 Å². The van der Waals surface area contributed by atoms with E-state index in [1.165, 1.54) is 17.5 Å². The van der Waals surface area contributed by atoms with E-state index < -0.39 is 10.0 Å². The largest absolute Gasteiger partial charge is 0.341 e. The molecule has 2 heterocycles. The predicted octanol–water partition coefficient (Wildman–Crippen LogP) is 2.91. The van der Waals surface area contributed by atoms with Crippen LogP contribution in [0.4, 0.5) is 0 Å². The SMILES string of the molecule is CC[C@@]1(N2CCN(S(=O)(=O)c3ccc4c(c3)CCCC4)CC2)CCN(C(=O)C(C)C)C1. The van der Waals surface area contributed by atoms with Gasteiger partial charge in [0.15, 0.2) is 0 Å². The fourth-order valence-electron chi connectivity index (χ4n) is 5.60.